The molecule has 1 N–H and O–H groups in total. The highest BCUT2D eigenvalue weighted by molar-refractivity contribution is 6.42. The van der Waals surface area contributed by atoms with Gasteiger partial charge in [0.25, 0.3) is 0 Å². The van der Waals surface area contributed by atoms with Gasteiger partial charge in [-0.05, 0) is 29.2 Å². The predicted octanol–water partition coefficient (Wildman–Crippen LogP) is 5.73. The third kappa shape index (κ3) is 3.43. The van der Waals surface area contributed by atoms with Gasteiger partial charge in [0.05, 0.1) is 10.0 Å². The van der Waals surface area contributed by atoms with Gasteiger partial charge in [-0.2, -0.15) is 0 Å². The lowest BCUT2D eigenvalue weighted by molar-refractivity contribution is 0.865. The van der Waals surface area contributed by atoms with Crippen LogP contribution in [0.1, 0.15) is 30.9 Å². The van der Waals surface area contributed by atoms with Crippen molar-refractivity contribution in [3.8, 4) is 0 Å². The molecule has 100 valence electrons. The fourth-order valence-electron chi connectivity index (χ4n) is 2.04. The Hall–Kier alpha value is -1.18. The van der Waals surface area contributed by atoms with Crippen molar-refractivity contribution in [1.82, 2.24) is 0 Å². The maximum atomic E-state index is 6.19. The molecular weight excluding hydrogens is 277 g/mol. The molecule has 19 heavy (non-hydrogen) atoms. The summed E-state index contributed by atoms with van der Waals surface area (Å²) >= 11 is 12.2. The number of para-hydroxylation sites is 1. The van der Waals surface area contributed by atoms with Crippen LogP contribution in [0.2, 0.25) is 10.0 Å². The molecule has 0 radical (unpaired) electrons. The zero-order valence-corrected chi connectivity index (χ0v) is 12.6. The second-order valence-corrected chi connectivity index (χ2v) is 5.59. The first kappa shape index (κ1) is 14.2. The van der Waals surface area contributed by atoms with Crippen LogP contribution in [0.4, 0.5) is 5.69 Å². The summed E-state index contributed by atoms with van der Waals surface area (Å²) in [6.45, 7) is 5.04. The van der Waals surface area contributed by atoms with Gasteiger partial charge in [-0.25, -0.2) is 0 Å². The van der Waals surface area contributed by atoms with E-state index in [1.807, 2.05) is 18.2 Å². The molecule has 2 rings (SSSR count). The smallest absolute Gasteiger partial charge is 0.0642 e. The number of nitrogens with one attached hydrogen (secondary N) is 1. The van der Waals surface area contributed by atoms with Gasteiger partial charge >= 0.3 is 0 Å². The summed E-state index contributed by atoms with van der Waals surface area (Å²) in [6.07, 6.45) is 0. The van der Waals surface area contributed by atoms with Crippen LogP contribution >= 0.6 is 23.2 Å². The lowest BCUT2D eigenvalue weighted by Crippen LogP contribution is -2.03. The average Bonchev–Trinajstić information content (AvgIpc) is 2.40. The highest BCUT2D eigenvalue weighted by Gasteiger charge is 2.07. The number of hydrogen-bond acceptors (Lipinski definition) is 1. The van der Waals surface area contributed by atoms with E-state index in [4.69, 9.17) is 23.2 Å². The third-order valence-corrected chi connectivity index (χ3v) is 3.94. The highest BCUT2D eigenvalue weighted by atomic mass is 35.5. The Bertz CT molecular complexity index is 564. The van der Waals surface area contributed by atoms with E-state index in [-0.39, 0.29) is 0 Å². The summed E-state index contributed by atoms with van der Waals surface area (Å²) in [5.41, 5.74) is 3.46. The Morgan fingerprint density at radius 1 is 1.00 bits per heavy atom. The Morgan fingerprint density at radius 3 is 2.47 bits per heavy atom. The van der Waals surface area contributed by atoms with Crippen molar-refractivity contribution in [2.75, 3.05) is 5.32 Å². The van der Waals surface area contributed by atoms with Crippen LogP contribution < -0.4 is 5.32 Å². The second-order valence-electron chi connectivity index (χ2n) is 4.81. The second kappa shape index (κ2) is 6.31. The van der Waals surface area contributed by atoms with E-state index in [9.17, 15) is 0 Å². The Labute approximate surface area is 124 Å². The molecule has 0 bridgehead atoms. The minimum Gasteiger partial charge on any atom is -0.381 e. The summed E-state index contributed by atoms with van der Waals surface area (Å²) in [5.74, 6) is 0.485. The van der Waals surface area contributed by atoms with Gasteiger partial charge in [-0.1, -0.05) is 67.4 Å². The van der Waals surface area contributed by atoms with Crippen molar-refractivity contribution in [1.29, 1.82) is 0 Å². The first-order valence-electron chi connectivity index (χ1n) is 6.35. The molecule has 0 spiro atoms. The van der Waals surface area contributed by atoms with Crippen molar-refractivity contribution in [2.24, 2.45) is 0 Å². The molecular formula is C16H17Cl2N. The van der Waals surface area contributed by atoms with E-state index in [1.165, 1.54) is 5.56 Å². The topological polar surface area (TPSA) is 12.0 Å². The number of rotatable bonds is 4. The summed E-state index contributed by atoms with van der Waals surface area (Å²) in [4.78, 5) is 0. The van der Waals surface area contributed by atoms with Crippen LogP contribution in [0.5, 0.6) is 0 Å². The summed E-state index contributed by atoms with van der Waals surface area (Å²) < 4.78 is 0. The molecule has 3 heteroatoms. The highest BCUT2D eigenvalue weighted by Crippen LogP contribution is 2.28. The van der Waals surface area contributed by atoms with Gasteiger partial charge in [0.2, 0.25) is 0 Å². The normalized spacial score (nSPS) is 10.8. The van der Waals surface area contributed by atoms with E-state index >= 15 is 0 Å². The molecule has 1 nitrogen and oxygen atoms in total. The van der Waals surface area contributed by atoms with E-state index in [0.717, 1.165) is 11.3 Å². The van der Waals surface area contributed by atoms with Gasteiger partial charge < -0.3 is 5.32 Å². The van der Waals surface area contributed by atoms with E-state index < -0.39 is 0 Å². The minimum absolute atomic E-state index is 0.485. The molecule has 0 aliphatic heterocycles. The van der Waals surface area contributed by atoms with Crippen molar-refractivity contribution in [3.63, 3.8) is 0 Å². The largest absolute Gasteiger partial charge is 0.381 e. The molecule has 0 atom stereocenters. The van der Waals surface area contributed by atoms with E-state index in [0.29, 0.717) is 22.5 Å². The lowest BCUT2D eigenvalue weighted by atomic mass is 10.0. The molecule has 0 saturated heterocycles. The Balaban J connectivity index is 2.17. The molecule has 0 fully saturated rings. The minimum atomic E-state index is 0.485. The quantitative estimate of drug-likeness (QED) is 0.759. The molecule has 0 amide bonds. The van der Waals surface area contributed by atoms with Gasteiger partial charge in [-0.15, -0.1) is 0 Å². The third-order valence-electron chi connectivity index (χ3n) is 3.08. The van der Waals surface area contributed by atoms with Crippen LogP contribution in [0.25, 0.3) is 0 Å². The zero-order chi connectivity index (χ0) is 13.8. The molecule has 0 aliphatic rings. The molecule has 0 heterocycles. The van der Waals surface area contributed by atoms with Crippen LogP contribution in [-0.4, -0.2) is 0 Å². The lowest BCUT2D eigenvalue weighted by Gasteiger charge is -2.15. The Morgan fingerprint density at radius 2 is 1.74 bits per heavy atom. The van der Waals surface area contributed by atoms with Crippen LogP contribution in [0.15, 0.2) is 42.5 Å². The van der Waals surface area contributed by atoms with Crippen molar-refractivity contribution in [2.45, 2.75) is 26.3 Å². The molecule has 0 aliphatic carbocycles. The zero-order valence-electron chi connectivity index (χ0n) is 11.1. The fourth-order valence-corrected chi connectivity index (χ4v) is 2.42. The molecule has 0 saturated carbocycles. The van der Waals surface area contributed by atoms with Gasteiger partial charge in [0, 0.05) is 12.2 Å². The summed E-state index contributed by atoms with van der Waals surface area (Å²) in [6, 6.07) is 14.0. The van der Waals surface area contributed by atoms with Crippen LogP contribution in [0, 0.1) is 0 Å². The van der Waals surface area contributed by atoms with E-state index in [2.05, 4.69) is 37.4 Å². The van der Waals surface area contributed by atoms with Gasteiger partial charge in [-0.3, -0.25) is 0 Å². The number of anilines is 1. The average molecular weight is 294 g/mol. The first-order valence-corrected chi connectivity index (χ1v) is 7.11. The molecule has 0 aromatic heterocycles. The maximum Gasteiger partial charge on any atom is 0.0642 e. The van der Waals surface area contributed by atoms with Crippen LogP contribution in [0.3, 0.4) is 0 Å². The van der Waals surface area contributed by atoms with Gasteiger partial charge in [0.15, 0.2) is 0 Å². The van der Waals surface area contributed by atoms with Crippen molar-refractivity contribution >= 4 is 28.9 Å². The monoisotopic (exact) mass is 293 g/mol. The van der Waals surface area contributed by atoms with Crippen molar-refractivity contribution < 1.29 is 0 Å². The van der Waals surface area contributed by atoms with Crippen LogP contribution in [-0.2, 0) is 6.54 Å². The SMILES string of the molecule is CC(C)c1ccccc1NCc1cccc(Cl)c1Cl. The molecule has 2 aromatic carbocycles. The standard InChI is InChI=1S/C16H17Cl2N/c1-11(2)13-7-3-4-9-15(13)19-10-12-6-5-8-14(17)16(12)18/h3-9,11,19H,10H2,1-2H3. The number of hydrogen-bond donors (Lipinski definition) is 1. The number of halogens is 2. The van der Waals surface area contributed by atoms with Crippen molar-refractivity contribution in [3.05, 3.63) is 63.6 Å². The molecule has 0 unspecified atom stereocenters. The maximum absolute atomic E-state index is 6.19. The van der Waals surface area contributed by atoms with Gasteiger partial charge in [0.1, 0.15) is 0 Å². The first-order chi connectivity index (χ1) is 9.09. The molecule has 2 aromatic rings. The predicted molar refractivity (Wildman–Crippen MR) is 84.3 cm³/mol. The summed E-state index contributed by atoms with van der Waals surface area (Å²) in [7, 11) is 0. The number of benzene rings is 2. The Kier molecular flexibility index (Phi) is 4.73. The summed E-state index contributed by atoms with van der Waals surface area (Å²) in [5, 5.41) is 4.66. The fraction of sp³-hybridized carbons (Fsp3) is 0.250. The van der Waals surface area contributed by atoms with E-state index in [1.54, 1.807) is 6.07 Å².